The Morgan fingerprint density at radius 1 is 1.00 bits per heavy atom. The lowest BCUT2D eigenvalue weighted by Crippen LogP contribution is -2.35. The molecule has 0 amide bonds. The summed E-state index contributed by atoms with van der Waals surface area (Å²) in [4.78, 5) is 2.69. The van der Waals surface area contributed by atoms with Crippen molar-refractivity contribution in [2.45, 2.75) is 31.7 Å². The zero-order chi connectivity index (χ0) is 19.4. The van der Waals surface area contributed by atoms with Crippen LogP contribution in [0.4, 0.5) is 0 Å². The summed E-state index contributed by atoms with van der Waals surface area (Å²) in [5, 5.41) is 8.90. The maximum Gasteiger partial charge on any atom is 0.243 e. The maximum atomic E-state index is 13.1. The molecule has 0 atom stereocenters. The third-order valence-corrected chi connectivity index (χ3v) is 7.04. The lowest BCUT2D eigenvalue weighted by molar-refractivity contribution is 0.278. The molecule has 0 radical (unpaired) electrons. The number of nitriles is 1. The summed E-state index contributed by atoms with van der Waals surface area (Å²) in [6.45, 7) is 7.18. The van der Waals surface area contributed by atoms with Gasteiger partial charge in [-0.15, -0.1) is 0 Å². The second-order valence-corrected chi connectivity index (χ2v) is 9.02. The molecule has 0 bridgehead atoms. The lowest BCUT2D eigenvalue weighted by atomic mass is 10.1. The molecular formula is C21H25N3O2S. The van der Waals surface area contributed by atoms with Gasteiger partial charge >= 0.3 is 0 Å². The Kier molecular flexibility index (Phi) is 5.95. The second kappa shape index (κ2) is 8.22. The lowest BCUT2D eigenvalue weighted by Gasteiger charge is -2.22. The monoisotopic (exact) mass is 383 g/mol. The van der Waals surface area contributed by atoms with Crippen molar-refractivity contribution in [3.63, 3.8) is 0 Å². The molecule has 6 heteroatoms. The maximum absolute atomic E-state index is 13.1. The Labute approximate surface area is 161 Å². The fourth-order valence-electron chi connectivity index (χ4n) is 3.52. The third kappa shape index (κ3) is 4.56. The average molecular weight is 384 g/mol. The molecule has 1 saturated heterocycles. The molecule has 1 aliphatic heterocycles. The van der Waals surface area contributed by atoms with Gasteiger partial charge in [0.15, 0.2) is 0 Å². The van der Waals surface area contributed by atoms with E-state index in [9.17, 15) is 8.42 Å². The molecule has 27 heavy (non-hydrogen) atoms. The van der Waals surface area contributed by atoms with Crippen LogP contribution in [0.1, 0.15) is 28.7 Å². The SMILES string of the molecule is Cc1ccc(S(=O)(=O)N2CCCN(Cc3ccc(C#N)cc3)CC2)c(C)c1. The molecule has 0 aliphatic carbocycles. The van der Waals surface area contributed by atoms with Crippen LogP contribution in [0.3, 0.4) is 0 Å². The summed E-state index contributed by atoms with van der Waals surface area (Å²) in [7, 11) is -3.47. The van der Waals surface area contributed by atoms with E-state index in [0.29, 0.717) is 30.1 Å². The highest BCUT2D eigenvalue weighted by atomic mass is 32.2. The fraction of sp³-hybridized carbons (Fsp3) is 0.381. The molecule has 2 aromatic carbocycles. The van der Waals surface area contributed by atoms with Crippen LogP contribution in [0.5, 0.6) is 0 Å². The highest BCUT2D eigenvalue weighted by molar-refractivity contribution is 7.89. The van der Waals surface area contributed by atoms with E-state index in [1.807, 2.05) is 50.2 Å². The molecule has 3 rings (SSSR count). The van der Waals surface area contributed by atoms with E-state index in [-0.39, 0.29) is 0 Å². The summed E-state index contributed by atoms with van der Waals surface area (Å²) in [5.41, 5.74) is 3.66. The van der Waals surface area contributed by atoms with E-state index in [2.05, 4.69) is 11.0 Å². The molecule has 1 fully saturated rings. The summed E-state index contributed by atoms with van der Waals surface area (Å²) in [6, 6.07) is 15.2. The number of sulfonamides is 1. The Balaban J connectivity index is 1.69. The van der Waals surface area contributed by atoms with Gasteiger partial charge in [0.25, 0.3) is 0 Å². The summed E-state index contributed by atoms with van der Waals surface area (Å²) >= 11 is 0. The Morgan fingerprint density at radius 2 is 1.74 bits per heavy atom. The van der Waals surface area contributed by atoms with Gasteiger partial charge in [-0.05, 0) is 56.1 Å². The van der Waals surface area contributed by atoms with Crippen LogP contribution in [0.15, 0.2) is 47.4 Å². The minimum atomic E-state index is -3.47. The van der Waals surface area contributed by atoms with Gasteiger partial charge in [0, 0.05) is 26.2 Å². The molecule has 0 aromatic heterocycles. The van der Waals surface area contributed by atoms with Crippen molar-refractivity contribution in [1.29, 1.82) is 5.26 Å². The normalized spacial score (nSPS) is 16.6. The van der Waals surface area contributed by atoms with Gasteiger partial charge < -0.3 is 0 Å². The van der Waals surface area contributed by atoms with Crippen molar-refractivity contribution in [2.75, 3.05) is 26.2 Å². The van der Waals surface area contributed by atoms with Crippen LogP contribution in [0, 0.1) is 25.2 Å². The number of benzene rings is 2. The van der Waals surface area contributed by atoms with E-state index in [1.54, 1.807) is 10.4 Å². The molecule has 0 saturated carbocycles. The fourth-order valence-corrected chi connectivity index (χ4v) is 5.19. The Bertz CT molecular complexity index is 946. The summed E-state index contributed by atoms with van der Waals surface area (Å²) in [5.74, 6) is 0. The van der Waals surface area contributed by atoms with E-state index in [0.717, 1.165) is 36.2 Å². The first-order valence-corrected chi connectivity index (χ1v) is 10.6. The second-order valence-electron chi connectivity index (χ2n) is 7.11. The van der Waals surface area contributed by atoms with Gasteiger partial charge in [-0.2, -0.15) is 9.57 Å². The van der Waals surface area contributed by atoms with Crippen molar-refractivity contribution < 1.29 is 8.42 Å². The minimum absolute atomic E-state index is 0.411. The van der Waals surface area contributed by atoms with E-state index in [1.165, 1.54) is 0 Å². The smallest absolute Gasteiger partial charge is 0.243 e. The number of aryl methyl sites for hydroxylation is 2. The zero-order valence-corrected chi connectivity index (χ0v) is 16.7. The number of hydrogen-bond donors (Lipinski definition) is 0. The number of nitrogens with zero attached hydrogens (tertiary/aromatic N) is 3. The topological polar surface area (TPSA) is 64.4 Å². The summed E-state index contributed by atoms with van der Waals surface area (Å²) < 4.78 is 27.8. The van der Waals surface area contributed by atoms with Gasteiger partial charge in [0.2, 0.25) is 10.0 Å². The summed E-state index contributed by atoms with van der Waals surface area (Å²) in [6.07, 6.45) is 0.806. The molecule has 5 nitrogen and oxygen atoms in total. The molecule has 1 heterocycles. The molecular weight excluding hydrogens is 358 g/mol. The van der Waals surface area contributed by atoms with Crippen LogP contribution in [0.25, 0.3) is 0 Å². The highest BCUT2D eigenvalue weighted by Gasteiger charge is 2.28. The highest BCUT2D eigenvalue weighted by Crippen LogP contribution is 2.22. The van der Waals surface area contributed by atoms with E-state index < -0.39 is 10.0 Å². The van der Waals surface area contributed by atoms with Gasteiger partial charge in [-0.1, -0.05) is 29.8 Å². The van der Waals surface area contributed by atoms with Gasteiger partial charge in [-0.25, -0.2) is 8.42 Å². The van der Waals surface area contributed by atoms with E-state index in [4.69, 9.17) is 5.26 Å². The average Bonchev–Trinajstić information content (AvgIpc) is 2.88. The number of hydrogen-bond acceptors (Lipinski definition) is 4. The standard InChI is InChI=1S/C21H25N3O2S/c1-17-4-9-21(18(2)14-17)27(25,26)24-11-3-10-23(12-13-24)16-20-7-5-19(15-22)6-8-20/h4-9,14H,3,10-13,16H2,1-2H3. The third-order valence-electron chi connectivity index (χ3n) is 4.98. The minimum Gasteiger partial charge on any atom is -0.298 e. The zero-order valence-electron chi connectivity index (χ0n) is 15.9. The molecule has 0 N–H and O–H groups in total. The van der Waals surface area contributed by atoms with Crippen molar-refractivity contribution >= 4 is 10.0 Å². The Hall–Kier alpha value is -2.20. The van der Waals surface area contributed by atoms with Gasteiger partial charge in [-0.3, -0.25) is 4.90 Å². The molecule has 0 spiro atoms. The van der Waals surface area contributed by atoms with Crippen LogP contribution in [-0.2, 0) is 16.6 Å². The van der Waals surface area contributed by atoms with Crippen LogP contribution in [-0.4, -0.2) is 43.8 Å². The first-order valence-electron chi connectivity index (χ1n) is 9.19. The number of rotatable bonds is 4. The predicted molar refractivity (Wildman–Crippen MR) is 106 cm³/mol. The van der Waals surface area contributed by atoms with Crippen molar-refractivity contribution in [2.24, 2.45) is 0 Å². The molecule has 2 aromatic rings. The van der Waals surface area contributed by atoms with Crippen molar-refractivity contribution in [1.82, 2.24) is 9.21 Å². The Morgan fingerprint density at radius 3 is 2.41 bits per heavy atom. The van der Waals surface area contributed by atoms with Crippen LogP contribution in [0.2, 0.25) is 0 Å². The predicted octanol–water partition coefficient (Wildman–Crippen LogP) is 3.07. The van der Waals surface area contributed by atoms with Crippen LogP contribution >= 0.6 is 0 Å². The largest absolute Gasteiger partial charge is 0.298 e. The van der Waals surface area contributed by atoms with E-state index >= 15 is 0 Å². The molecule has 1 aliphatic rings. The first kappa shape index (κ1) is 19.6. The first-order chi connectivity index (χ1) is 12.9. The molecule has 0 unspecified atom stereocenters. The molecule has 142 valence electrons. The van der Waals surface area contributed by atoms with Gasteiger partial charge in [0.05, 0.1) is 16.5 Å². The van der Waals surface area contributed by atoms with Gasteiger partial charge in [0.1, 0.15) is 0 Å². The van der Waals surface area contributed by atoms with Crippen molar-refractivity contribution in [3.05, 3.63) is 64.7 Å². The quantitative estimate of drug-likeness (QED) is 0.814. The van der Waals surface area contributed by atoms with Crippen molar-refractivity contribution in [3.8, 4) is 6.07 Å². The van der Waals surface area contributed by atoms with Crippen LogP contribution < -0.4 is 0 Å².